The average Bonchev–Trinajstić information content (AvgIpc) is 3.04. The molecule has 1 aliphatic heterocycles. The molecule has 0 unspecified atom stereocenters. The normalized spacial score (nSPS) is 21.8. The van der Waals surface area contributed by atoms with Crippen molar-refractivity contribution in [3.8, 4) is 5.75 Å². The van der Waals surface area contributed by atoms with Gasteiger partial charge in [-0.15, -0.1) is 0 Å². The minimum Gasteiger partial charge on any atom is -0.488 e. The first-order chi connectivity index (χ1) is 15.5. The topological polar surface area (TPSA) is 74.9 Å². The zero-order chi connectivity index (χ0) is 22.7. The van der Waals surface area contributed by atoms with Crippen LogP contribution in [0.4, 0.5) is 4.39 Å². The number of benzene rings is 1. The molecule has 1 aliphatic carbocycles. The van der Waals surface area contributed by atoms with E-state index in [-0.39, 0.29) is 29.9 Å². The fourth-order valence-electron chi connectivity index (χ4n) is 4.82. The van der Waals surface area contributed by atoms with Gasteiger partial charge in [0.25, 0.3) is 0 Å². The van der Waals surface area contributed by atoms with Gasteiger partial charge in [0.05, 0.1) is 30.9 Å². The number of hydrogen-bond acceptors (Lipinski definition) is 5. The zero-order valence-corrected chi connectivity index (χ0v) is 18.8. The summed E-state index contributed by atoms with van der Waals surface area (Å²) in [5.41, 5.74) is 1.04. The molecule has 2 fully saturated rings. The van der Waals surface area contributed by atoms with Gasteiger partial charge in [-0.2, -0.15) is 0 Å². The molecule has 0 bridgehead atoms. The van der Waals surface area contributed by atoms with Crippen LogP contribution < -0.4 is 10.4 Å². The third-order valence-corrected chi connectivity index (χ3v) is 6.70. The standard InChI is InChI=1S/C23H32FN3O5/c1-25-19-13-18(24)21(32-12-11-30-2)14-20(19)27(23(25)29)15-16-3-5-17(6-4-16)22(28)26-7-9-31-10-8-26/h13-14,16-17H,3-12,15H2,1-2H3. The monoisotopic (exact) mass is 449 g/mol. The van der Waals surface area contributed by atoms with Crippen LogP contribution in [0.15, 0.2) is 16.9 Å². The second kappa shape index (κ2) is 10.0. The Hall–Kier alpha value is -2.39. The van der Waals surface area contributed by atoms with Gasteiger partial charge in [-0.05, 0) is 31.6 Å². The zero-order valence-electron chi connectivity index (χ0n) is 18.8. The van der Waals surface area contributed by atoms with E-state index < -0.39 is 5.82 Å². The third-order valence-electron chi connectivity index (χ3n) is 6.70. The number of halogens is 1. The van der Waals surface area contributed by atoms with Crippen LogP contribution in [0.1, 0.15) is 25.7 Å². The first kappa shape index (κ1) is 22.8. The van der Waals surface area contributed by atoms with E-state index in [2.05, 4.69) is 0 Å². The Morgan fingerprint density at radius 2 is 1.84 bits per heavy atom. The maximum atomic E-state index is 14.5. The fourth-order valence-corrected chi connectivity index (χ4v) is 4.82. The molecule has 9 heteroatoms. The molecular formula is C23H32FN3O5. The summed E-state index contributed by atoms with van der Waals surface area (Å²) in [5, 5.41) is 0. The lowest BCUT2D eigenvalue weighted by Gasteiger charge is -2.34. The number of hydrogen-bond donors (Lipinski definition) is 0. The van der Waals surface area contributed by atoms with Crippen LogP contribution in [-0.2, 0) is 27.9 Å². The molecule has 1 saturated carbocycles. The molecular weight excluding hydrogens is 417 g/mol. The molecule has 176 valence electrons. The van der Waals surface area contributed by atoms with Gasteiger partial charge in [-0.25, -0.2) is 9.18 Å². The largest absolute Gasteiger partial charge is 0.488 e. The smallest absolute Gasteiger partial charge is 0.328 e. The van der Waals surface area contributed by atoms with E-state index in [1.54, 1.807) is 24.8 Å². The Kier molecular flexibility index (Phi) is 7.15. The summed E-state index contributed by atoms with van der Waals surface area (Å²) in [6.07, 6.45) is 3.45. The Balaban J connectivity index is 1.46. The van der Waals surface area contributed by atoms with E-state index in [0.717, 1.165) is 25.7 Å². The maximum absolute atomic E-state index is 14.5. The van der Waals surface area contributed by atoms with Crippen molar-refractivity contribution in [3.63, 3.8) is 0 Å². The Bertz CT molecular complexity index is 1000. The second-order valence-electron chi connectivity index (χ2n) is 8.72. The number of morpholine rings is 1. The lowest BCUT2D eigenvalue weighted by atomic mass is 9.81. The van der Waals surface area contributed by atoms with E-state index >= 15 is 0 Å². The molecule has 1 saturated heterocycles. The molecule has 0 radical (unpaired) electrons. The van der Waals surface area contributed by atoms with E-state index in [1.807, 2.05) is 4.90 Å². The minimum absolute atomic E-state index is 0.0588. The highest BCUT2D eigenvalue weighted by Gasteiger charge is 2.31. The van der Waals surface area contributed by atoms with Crippen LogP contribution in [0.3, 0.4) is 0 Å². The van der Waals surface area contributed by atoms with Gasteiger partial charge in [-0.1, -0.05) is 0 Å². The van der Waals surface area contributed by atoms with Gasteiger partial charge < -0.3 is 19.1 Å². The SMILES string of the molecule is COCCOc1cc2c(cc1F)n(C)c(=O)n2CC1CCC(C(=O)N2CCOCC2)CC1. The van der Waals surface area contributed by atoms with Crippen molar-refractivity contribution in [2.24, 2.45) is 18.9 Å². The summed E-state index contributed by atoms with van der Waals surface area (Å²) in [5.74, 6) is 0.220. The number of fused-ring (bicyclic) bond motifs is 1. The molecule has 1 amide bonds. The van der Waals surface area contributed by atoms with Gasteiger partial charge in [0, 0.05) is 51.8 Å². The highest BCUT2D eigenvalue weighted by Crippen LogP contribution is 2.32. The number of ether oxygens (including phenoxy) is 3. The molecule has 2 aliphatic rings. The molecule has 4 rings (SSSR count). The number of aryl methyl sites for hydroxylation is 1. The van der Waals surface area contributed by atoms with Crippen molar-refractivity contribution in [2.45, 2.75) is 32.2 Å². The maximum Gasteiger partial charge on any atom is 0.328 e. The number of carbonyl (C=O) groups excluding carboxylic acids is 1. The molecule has 1 aromatic heterocycles. The molecule has 2 aromatic rings. The molecule has 0 N–H and O–H groups in total. The lowest BCUT2D eigenvalue weighted by Crippen LogP contribution is -2.44. The first-order valence-electron chi connectivity index (χ1n) is 11.4. The van der Waals surface area contributed by atoms with Crippen LogP contribution >= 0.6 is 0 Å². The van der Waals surface area contributed by atoms with Gasteiger partial charge in [0.1, 0.15) is 6.61 Å². The Morgan fingerprint density at radius 1 is 1.12 bits per heavy atom. The number of carbonyl (C=O) groups is 1. The summed E-state index contributed by atoms with van der Waals surface area (Å²) < 4.78 is 33.5. The molecule has 1 aromatic carbocycles. The van der Waals surface area contributed by atoms with Crippen molar-refractivity contribution in [2.75, 3.05) is 46.6 Å². The van der Waals surface area contributed by atoms with Crippen molar-refractivity contribution in [1.29, 1.82) is 0 Å². The van der Waals surface area contributed by atoms with Crippen molar-refractivity contribution < 1.29 is 23.4 Å². The van der Waals surface area contributed by atoms with Crippen LogP contribution in [0, 0.1) is 17.7 Å². The van der Waals surface area contributed by atoms with Crippen LogP contribution in [0.2, 0.25) is 0 Å². The summed E-state index contributed by atoms with van der Waals surface area (Å²) >= 11 is 0. The summed E-state index contributed by atoms with van der Waals surface area (Å²) in [7, 11) is 3.21. The first-order valence-corrected chi connectivity index (χ1v) is 11.4. The highest BCUT2D eigenvalue weighted by molar-refractivity contribution is 5.79. The van der Waals surface area contributed by atoms with Crippen molar-refractivity contribution in [3.05, 3.63) is 28.4 Å². The van der Waals surface area contributed by atoms with Crippen molar-refractivity contribution >= 4 is 16.9 Å². The lowest BCUT2D eigenvalue weighted by molar-refractivity contribution is -0.141. The Labute approximate surface area is 186 Å². The molecule has 0 atom stereocenters. The van der Waals surface area contributed by atoms with E-state index in [4.69, 9.17) is 14.2 Å². The number of nitrogens with zero attached hydrogens (tertiary/aromatic N) is 3. The number of rotatable bonds is 7. The van der Waals surface area contributed by atoms with Crippen LogP contribution in [-0.4, -0.2) is 66.6 Å². The van der Waals surface area contributed by atoms with Crippen LogP contribution in [0.25, 0.3) is 11.0 Å². The number of imidazole rings is 1. The van der Waals surface area contributed by atoms with Gasteiger partial charge in [0.2, 0.25) is 5.91 Å². The number of methoxy groups -OCH3 is 1. The predicted octanol–water partition coefficient (Wildman–Crippen LogP) is 2.17. The number of amides is 1. The van der Waals surface area contributed by atoms with Gasteiger partial charge in [-0.3, -0.25) is 13.9 Å². The van der Waals surface area contributed by atoms with Crippen molar-refractivity contribution in [1.82, 2.24) is 14.0 Å². The fraction of sp³-hybridized carbons (Fsp3) is 0.652. The summed E-state index contributed by atoms with van der Waals surface area (Å²) in [6, 6.07) is 2.96. The summed E-state index contributed by atoms with van der Waals surface area (Å²) in [6.45, 7) is 3.72. The molecule has 0 spiro atoms. The predicted molar refractivity (Wildman–Crippen MR) is 117 cm³/mol. The highest BCUT2D eigenvalue weighted by atomic mass is 19.1. The average molecular weight is 450 g/mol. The van der Waals surface area contributed by atoms with Crippen LogP contribution in [0.5, 0.6) is 5.75 Å². The molecule has 2 heterocycles. The Morgan fingerprint density at radius 3 is 2.53 bits per heavy atom. The molecule has 8 nitrogen and oxygen atoms in total. The molecule has 32 heavy (non-hydrogen) atoms. The minimum atomic E-state index is -0.497. The van der Waals surface area contributed by atoms with E-state index in [1.165, 1.54) is 10.6 Å². The second-order valence-corrected chi connectivity index (χ2v) is 8.72. The third kappa shape index (κ3) is 4.68. The van der Waals surface area contributed by atoms with Gasteiger partial charge >= 0.3 is 5.69 Å². The quantitative estimate of drug-likeness (QED) is 0.606. The van der Waals surface area contributed by atoms with Gasteiger partial charge in [0.15, 0.2) is 11.6 Å². The summed E-state index contributed by atoms with van der Waals surface area (Å²) in [4.78, 5) is 27.6. The van der Waals surface area contributed by atoms with E-state index in [9.17, 15) is 14.0 Å². The van der Waals surface area contributed by atoms with E-state index in [0.29, 0.717) is 56.4 Å². The number of aromatic nitrogens is 2.